The monoisotopic (exact) mass is 267 g/mol. The van der Waals surface area contributed by atoms with Gasteiger partial charge < -0.3 is 15.5 Å². The average Bonchev–Trinajstić information content (AvgIpc) is 2.92. The Morgan fingerprint density at radius 1 is 1.26 bits per heavy atom. The fourth-order valence-electron chi connectivity index (χ4n) is 2.15. The van der Waals surface area contributed by atoms with Gasteiger partial charge in [-0.05, 0) is 32.4 Å². The van der Waals surface area contributed by atoms with E-state index in [1.807, 2.05) is 0 Å². The highest BCUT2D eigenvalue weighted by atomic mass is 19.1. The van der Waals surface area contributed by atoms with Crippen molar-refractivity contribution in [2.45, 2.75) is 26.2 Å². The molecule has 0 bridgehead atoms. The van der Waals surface area contributed by atoms with Gasteiger partial charge in [0.25, 0.3) is 0 Å². The van der Waals surface area contributed by atoms with Gasteiger partial charge >= 0.3 is 0 Å². The highest BCUT2D eigenvalue weighted by molar-refractivity contribution is 5.40. The quantitative estimate of drug-likeness (QED) is 0.791. The molecule has 6 heteroatoms. The summed E-state index contributed by atoms with van der Waals surface area (Å²) in [4.78, 5) is 10.4. The van der Waals surface area contributed by atoms with Crippen LogP contribution >= 0.6 is 0 Å². The number of likely N-dealkylation sites (tertiary alicyclic amines) is 1. The van der Waals surface area contributed by atoms with Crippen LogP contribution in [0.3, 0.4) is 0 Å². The molecule has 19 heavy (non-hydrogen) atoms. The zero-order valence-electron chi connectivity index (χ0n) is 11.5. The number of nitrogens with one attached hydrogen (secondary N) is 2. The van der Waals surface area contributed by atoms with Crippen LogP contribution < -0.4 is 10.6 Å². The van der Waals surface area contributed by atoms with Crippen molar-refractivity contribution in [3.8, 4) is 0 Å². The lowest BCUT2D eigenvalue weighted by Crippen LogP contribution is -2.26. The summed E-state index contributed by atoms with van der Waals surface area (Å²) in [6.07, 6.45) is 4.74. The number of hydrogen-bond donors (Lipinski definition) is 2. The van der Waals surface area contributed by atoms with Crippen LogP contribution in [-0.4, -0.2) is 47.6 Å². The van der Waals surface area contributed by atoms with Crippen molar-refractivity contribution in [2.24, 2.45) is 0 Å². The van der Waals surface area contributed by atoms with E-state index >= 15 is 0 Å². The zero-order valence-corrected chi connectivity index (χ0v) is 11.5. The Hall–Kier alpha value is -1.43. The number of nitrogens with zero attached hydrogens (tertiary/aromatic N) is 3. The van der Waals surface area contributed by atoms with Gasteiger partial charge in [0.2, 0.25) is 5.95 Å². The molecule has 1 aromatic rings. The van der Waals surface area contributed by atoms with E-state index in [2.05, 4.69) is 32.4 Å². The van der Waals surface area contributed by atoms with Crippen LogP contribution in [0.4, 0.5) is 16.2 Å². The Labute approximate surface area is 113 Å². The van der Waals surface area contributed by atoms with Gasteiger partial charge in [-0.3, -0.25) is 0 Å². The van der Waals surface area contributed by atoms with E-state index in [4.69, 9.17) is 0 Å². The molecule has 0 saturated carbocycles. The van der Waals surface area contributed by atoms with Crippen LogP contribution in [0.2, 0.25) is 0 Å². The number of aromatic nitrogens is 2. The van der Waals surface area contributed by atoms with Gasteiger partial charge in [-0.1, -0.05) is 6.92 Å². The summed E-state index contributed by atoms with van der Waals surface area (Å²) in [6.45, 7) is 6.79. The molecule has 0 atom stereocenters. The minimum Gasteiger partial charge on any atom is -0.366 e. The van der Waals surface area contributed by atoms with Crippen LogP contribution in [-0.2, 0) is 0 Å². The van der Waals surface area contributed by atoms with Crippen LogP contribution in [0.5, 0.6) is 0 Å². The van der Waals surface area contributed by atoms with Crippen molar-refractivity contribution in [2.75, 3.05) is 43.4 Å². The van der Waals surface area contributed by atoms with Crippen LogP contribution in [0.1, 0.15) is 26.2 Å². The van der Waals surface area contributed by atoms with Crippen molar-refractivity contribution < 1.29 is 4.39 Å². The highest BCUT2D eigenvalue weighted by Gasteiger charge is 2.11. The van der Waals surface area contributed by atoms with E-state index in [0.29, 0.717) is 12.5 Å². The third-order valence-corrected chi connectivity index (χ3v) is 3.20. The zero-order chi connectivity index (χ0) is 13.5. The maximum Gasteiger partial charge on any atom is 0.224 e. The van der Waals surface area contributed by atoms with E-state index in [0.717, 1.165) is 32.6 Å². The van der Waals surface area contributed by atoms with E-state index in [-0.39, 0.29) is 5.82 Å². The summed E-state index contributed by atoms with van der Waals surface area (Å²) in [5.41, 5.74) is 0. The smallest absolute Gasteiger partial charge is 0.224 e. The summed E-state index contributed by atoms with van der Waals surface area (Å²) in [6, 6.07) is 0. The molecule has 1 saturated heterocycles. The van der Waals surface area contributed by atoms with Crippen molar-refractivity contribution in [3.63, 3.8) is 0 Å². The summed E-state index contributed by atoms with van der Waals surface area (Å²) >= 11 is 0. The summed E-state index contributed by atoms with van der Waals surface area (Å²) in [7, 11) is 0. The average molecular weight is 267 g/mol. The van der Waals surface area contributed by atoms with Gasteiger partial charge in [0.1, 0.15) is 0 Å². The maximum absolute atomic E-state index is 13.6. The molecule has 0 radical (unpaired) electrons. The van der Waals surface area contributed by atoms with Gasteiger partial charge in [-0.25, -0.2) is 9.37 Å². The van der Waals surface area contributed by atoms with Crippen molar-refractivity contribution in [3.05, 3.63) is 12.0 Å². The molecule has 1 aliphatic heterocycles. The van der Waals surface area contributed by atoms with Crippen LogP contribution in [0.25, 0.3) is 0 Å². The minimum atomic E-state index is -0.400. The molecule has 2 N–H and O–H groups in total. The summed E-state index contributed by atoms with van der Waals surface area (Å²) in [5.74, 6) is 0.364. The number of hydrogen-bond acceptors (Lipinski definition) is 5. The van der Waals surface area contributed by atoms with Gasteiger partial charge in [-0.2, -0.15) is 4.98 Å². The molecule has 106 valence electrons. The SMILES string of the molecule is CCCNc1ncc(F)c(NCCN2CCCC2)n1. The Bertz CT molecular complexity index is 393. The van der Waals surface area contributed by atoms with Gasteiger partial charge in [0.15, 0.2) is 11.6 Å². The third-order valence-electron chi connectivity index (χ3n) is 3.20. The van der Waals surface area contributed by atoms with Gasteiger partial charge in [0.05, 0.1) is 6.20 Å². The van der Waals surface area contributed by atoms with E-state index < -0.39 is 5.82 Å². The first-order chi connectivity index (χ1) is 9.29. The third kappa shape index (κ3) is 4.31. The lowest BCUT2D eigenvalue weighted by Gasteiger charge is -2.15. The first kappa shape index (κ1) is 14.0. The predicted octanol–water partition coefficient (Wildman–Crippen LogP) is 1.95. The number of anilines is 2. The number of halogens is 1. The molecule has 0 amide bonds. The molecule has 2 rings (SSSR count). The Balaban J connectivity index is 1.83. The summed E-state index contributed by atoms with van der Waals surface area (Å²) in [5, 5.41) is 6.10. The maximum atomic E-state index is 13.6. The normalized spacial score (nSPS) is 15.7. The van der Waals surface area contributed by atoms with Crippen LogP contribution in [0.15, 0.2) is 6.20 Å². The Morgan fingerprint density at radius 3 is 2.79 bits per heavy atom. The van der Waals surface area contributed by atoms with Gasteiger partial charge in [-0.15, -0.1) is 0 Å². The van der Waals surface area contributed by atoms with E-state index in [1.165, 1.54) is 19.0 Å². The first-order valence-electron chi connectivity index (χ1n) is 7.02. The second-order valence-corrected chi connectivity index (χ2v) is 4.79. The highest BCUT2D eigenvalue weighted by Crippen LogP contribution is 2.12. The Morgan fingerprint density at radius 2 is 2.05 bits per heavy atom. The minimum absolute atomic E-state index is 0.285. The molecule has 1 fully saturated rings. The summed E-state index contributed by atoms with van der Waals surface area (Å²) < 4.78 is 13.6. The van der Waals surface area contributed by atoms with Crippen molar-refractivity contribution in [1.82, 2.24) is 14.9 Å². The largest absolute Gasteiger partial charge is 0.366 e. The lowest BCUT2D eigenvalue weighted by molar-refractivity contribution is 0.352. The molecule has 1 aromatic heterocycles. The fraction of sp³-hybridized carbons (Fsp3) is 0.692. The molecule has 0 spiro atoms. The van der Waals surface area contributed by atoms with Gasteiger partial charge in [0, 0.05) is 19.6 Å². The van der Waals surface area contributed by atoms with Crippen molar-refractivity contribution in [1.29, 1.82) is 0 Å². The molecule has 0 aliphatic carbocycles. The molecular weight excluding hydrogens is 245 g/mol. The topological polar surface area (TPSA) is 53.1 Å². The predicted molar refractivity (Wildman–Crippen MR) is 74.9 cm³/mol. The van der Waals surface area contributed by atoms with E-state index in [1.54, 1.807) is 0 Å². The standard InChI is InChI=1S/C13H22FN5/c1-2-5-16-13-17-10-11(14)12(18-13)15-6-9-19-7-3-4-8-19/h10H,2-9H2,1H3,(H2,15,16,17,18). The second kappa shape index (κ2) is 7.23. The molecular formula is C13H22FN5. The molecule has 5 nitrogen and oxygen atoms in total. The van der Waals surface area contributed by atoms with E-state index in [9.17, 15) is 4.39 Å². The van der Waals surface area contributed by atoms with Crippen LogP contribution in [0, 0.1) is 5.82 Å². The van der Waals surface area contributed by atoms with Crippen molar-refractivity contribution >= 4 is 11.8 Å². The Kier molecular flexibility index (Phi) is 5.32. The lowest BCUT2D eigenvalue weighted by atomic mass is 10.4. The molecule has 2 heterocycles. The fourth-order valence-corrected chi connectivity index (χ4v) is 2.15. The molecule has 0 unspecified atom stereocenters. The molecule has 0 aromatic carbocycles. The second-order valence-electron chi connectivity index (χ2n) is 4.79. The first-order valence-corrected chi connectivity index (χ1v) is 7.02. The number of rotatable bonds is 7. The molecule has 1 aliphatic rings.